The molecule has 2 N–H and O–H groups in total. The molecule has 17 heavy (non-hydrogen) atoms. The van der Waals surface area contributed by atoms with Crippen molar-refractivity contribution in [2.45, 2.75) is 39.5 Å². The van der Waals surface area contributed by atoms with Gasteiger partial charge in [-0.3, -0.25) is 9.89 Å². The highest BCUT2D eigenvalue weighted by Crippen LogP contribution is 2.60. The number of rotatable bonds is 4. The summed E-state index contributed by atoms with van der Waals surface area (Å²) >= 11 is 0. The summed E-state index contributed by atoms with van der Waals surface area (Å²) in [5.74, 6) is 0.912. The molecule has 4 nitrogen and oxygen atoms in total. The van der Waals surface area contributed by atoms with E-state index in [1.165, 1.54) is 25.7 Å². The van der Waals surface area contributed by atoms with Crippen molar-refractivity contribution in [2.75, 3.05) is 6.54 Å². The largest absolute Gasteiger partial charge is 0.351 e. The standard InChI is InChI=1S/C13H19N3O/c1-8-11(9(2)16-15-8)12(17)14-7-13(5-6-13)10-3-4-10/h10H,3-7H2,1-2H3,(H,14,17)(H,15,16). The van der Waals surface area contributed by atoms with E-state index in [9.17, 15) is 4.79 Å². The molecule has 3 rings (SSSR count). The van der Waals surface area contributed by atoms with Crippen molar-refractivity contribution >= 4 is 5.91 Å². The number of hydrogen-bond donors (Lipinski definition) is 2. The summed E-state index contributed by atoms with van der Waals surface area (Å²) in [5.41, 5.74) is 2.82. The van der Waals surface area contributed by atoms with Gasteiger partial charge in [0.05, 0.1) is 11.3 Å². The molecule has 0 spiro atoms. The van der Waals surface area contributed by atoms with Gasteiger partial charge in [0, 0.05) is 12.2 Å². The predicted molar refractivity (Wildman–Crippen MR) is 64.8 cm³/mol. The van der Waals surface area contributed by atoms with E-state index in [2.05, 4.69) is 15.5 Å². The fourth-order valence-corrected chi connectivity index (χ4v) is 2.82. The van der Waals surface area contributed by atoms with Crippen LogP contribution in [0.1, 0.15) is 47.4 Å². The summed E-state index contributed by atoms with van der Waals surface area (Å²) in [4.78, 5) is 12.1. The molecule has 2 fully saturated rings. The van der Waals surface area contributed by atoms with Crippen LogP contribution in [0.2, 0.25) is 0 Å². The van der Waals surface area contributed by atoms with Crippen LogP contribution in [0.5, 0.6) is 0 Å². The Balaban J connectivity index is 1.64. The summed E-state index contributed by atoms with van der Waals surface area (Å²) in [6.45, 7) is 4.61. The van der Waals surface area contributed by atoms with Crippen molar-refractivity contribution in [1.29, 1.82) is 0 Å². The number of aryl methyl sites for hydroxylation is 2. The maximum atomic E-state index is 12.1. The fraction of sp³-hybridized carbons (Fsp3) is 0.692. The van der Waals surface area contributed by atoms with Crippen LogP contribution in [0.4, 0.5) is 0 Å². The van der Waals surface area contributed by atoms with E-state index in [1.807, 2.05) is 13.8 Å². The van der Waals surface area contributed by atoms with Crippen LogP contribution < -0.4 is 5.32 Å². The molecular formula is C13H19N3O. The van der Waals surface area contributed by atoms with Crippen molar-refractivity contribution in [1.82, 2.24) is 15.5 Å². The Bertz CT molecular complexity index is 436. The van der Waals surface area contributed by atoms with E-state index in [0.717, 1.165) is 29.4 Å². The smallest absolute Gasteiger partial charge is 0.255 e. The molecule has 0 saturated heterocycles. The lowest BCUT2D eigenvalue weighted by Crippen LogP contribution is -2.31. The van der Waals surface area contributed by atoms with Gasteiger partial charge in [-0.25, -0.2) is 0 Å². The van der Waals surface area contributed by atoms with E-state index in [1.54, 1.807) is 0 Å². The molecule has 1 aromatic heterocycles. The fourth-order valence-electron chi connectivity index (χ4n) is 2.82. The highest BCUT2D eigenvalue weighted by Gasteiger charge is 2.53. The molecule has 0 atom stereocenters. The Labute approximate surface area is 101 Å². The molecule has 92 valence electrons. The zero-order valence-corrected chi connectivity index (χ0v) is 10.5. The van der Waals surface area contributed by atoms with Gasteiger partial charge in [0.2, 0.25) is 0 Å². The molecule has 0 aliphatic heterocycles. The van der Waals surface area contributed by atoms with Crippen molar-refractivity contribution in [3.63, 3.8) is 0 Å². The third-order valence-corrected chi connectivity index (χ3v) is 4.29. The molecule has 0 aromatic carbocycles. The molecule has 4 heteroatoms. The number of hydrogen-bond acceptors (Lipinski definition) is 2. The molecule has 0 unspecified atom stereocenters. The van der Waals surface area contributed by atoms with E-state index in [-0.39, 0.29) is 5.91 Å². The molecule has 0 bridgehead atoms. The number of carbonyl (C=O) groups is 1. The Morgan fingerprint density at radius 2 is 2.18 bits per heavy atom. The second kappa shape index (κ2) is 3.59. The van der Waals surface area contributed by atoms with Crippen LogP contribution in [0.25, 0.3) is 0 Å². The number of aromatic nitrogens is 2. The topological polar surface area (TPSA) is 57.8 Å². The number of nitrogens with one attached hydrogen (secondary N) is 2. The van der Waals surface area contributed by atoms with Gasteiger partial charge < -0.3 is 5.32 Å². The Morgan fingerprint density at radius 3 is 2.65 bits per heavy atom. The quantitative estimate of drug-likeness (QED) is 0.835. The van der Waals surface area contributed by atoms with Crippen LogP contribution in [-0.2, 0) is 0 Å². The van der Waals surface area contributed by atoms with Crippen molar-refractivity contribution in [2.24, 2.45) is 11.3 Å². The maximum absolute atomic E-state index is 12.1. The Kier molecular flexibility index (Phi) is 2.28. The molecule has 1 amide bonds. The van der Waals surface area contributed by atoms with Gasteiger partial charge in [-0.15, -0.1) is 0 Å². The molecule has 2 aliphatic rings. The third-order valence-electron chi connectivity index (χ3n) is 4.29. The minimum atomic E-state index is 0.0284. The molecular weight excluding hydrogens is 214 g/mol. The van der Waals surface area contributed by atoms with Gasteiger partial charge in [0.1, 0.15) is 0 Å². The van der Waals surface area contributed by atoms with Crippen LogP contribution in [0.15, 0.2) is 0 Å². The summed E-state index contributed by atoms with van der Waals surface area (Å²) in [5, 5.41) is 10.0. The maximum Gasteiger partial charge on any atom is 0.255 e. The van der Waals surface area contributed by atoms with Crippen LogP contribution in [0.3, 0.4) is 0 Å². The highest BCUT2D eigenvalue weighted by atomic mass is 16.1. The highest BCUT2D eigenvalue weighted by molar-refractivity contribution is 5.96. The first-order valence-corrected chi connectivity index (χ1v) is 6.42. The van der Waals surface area contributed by atoms with Crippen LogP contribution >= 0.6 is 0 Å². The number of nitrogens with zero attached hydrogens (tertiary/aromatic N) is 1. The lowest BCUT2D eigenvalue weighted by Gasteiger charge is -2.14. The molecule has 2 aliphatic carbocycles. The first-order chi connectivity index (χ1) is 8.12. The van der Waals surface area contributed by atoms with Crippen molar-refractivity contribution in [3.05, 3.63) is 17.0 Å². The molecule has 1 heterocycles. The van der Waals surface area contributed by atoms with E-state index in [0.29, 0.717) is 5.41 Å². The van der Waals surface area contributed by atoms with Gasteiger partial charge in [0.15, 0.2) is 0 Å². The number of aromatic amines is 1. The normalized spacial score (nSPS) is 21.3. The monoisotopic (exact) mass is 233 g/mol. The zero-order chi connectivity index (χ0) is 12.0. The summed E-state index contributed by atoms with van der Waals surface area (Å²) in [6.07, 6.45) is 5.31. The van der Waals surface area contributed by atoms with Gasteiger partial charge in [0.25, 0.3) is 5.91 Å². The first-order valence-electron chi connectivity index (χ1n) is 6.42. The van der Waals surface area contributed by atoms with E-state index < -0.39 is 0 Å². The summed E-state index contributed by atoms with van der Waals surface area (Å²) < 4.78 is 0. The average Bonchev–Trinajstić information content (AvgIpc) is 3.15. The lowest BCUT2D eigenvalue weighted by molar-refractivity contribution is 0.0941. The minimum absolute atomic E-state index is 0.0284. The van der Waals surface area contributed by atoms with Gasteiger partial charge in [-0.2, -0.15) is 5.10 Å². The minimum Gasteiger partial charge on any atom is -0.351 e. The number of carbonyl (C=O) groups excluding carboxylic acids is 1. The van der Waals surface area contributed by atoms with E-state index in [4.69, 9.17) is 0 Å². The summed E-state index contributed by atoms with van der Waals surface area (Å²) in [6, 6.07) is 0. The zero-order valence-electron chi connectivity index (χ0n) is 10.5. The molecule has 1 aromatic rings. The summed E-state index contributed by atoms with van der Waals surface area (Å²) in [7, 11) is 0. The second-order valence-electron chi connectivity index (χ2n) is 5.63. The van der Waals surface area contributed by atoms with Gasteiger partial charge >= 0.3 is 0 Å². The first kappa shape index (κ1) is 10.8. The van der Waals surface area contributed by atoms with Crippen molar-refractivity contribution < 1.29 is 4.79 Å². The SMILES string of the molecule is Cc1n[nH]c(C)c1C(=O)NCC1(C2CC2)CC1. The van der Waals surface area contributed by atoms with Crippen LogP contribution in [-0.4, -0.2) is 22.6 Å². The van der Waals surface area contributed by atoms with E-state index >= 15 is 0 Å². The lowest BCUT2D eigenvalue weighted by atomic mass is 10.0. The number of H-pyrrole nitrogens is 1. The predicted octanol–water partition coefficient (Wildman–Crippen LogP) is 1.95. The van der Waals surface area contributed by atoms with Crippen molar-refractivity contribution in [3.8, 4) is 0 Å². The average molecular weight is 233 g/mol. The second-order valence-corrected chi connectivity index (χ2v) is 5.63. The van der Waals surface area contributed by atoms with Gasteiger partial charge in [-0.1, -0.05) is 0 Å². The third kappa shape index (κ3) is 1.85. The molecule has 2 saturated carbocycles. The Hall–Kier alpha value is -1.32. The van der Waals surface area contributed by atoms with Crippen LogP contribution in [0, 0.1) is 25.2 Å². The van der Waals surface area contributed by atoms with Gasteiger partial charge in [-0.05, 0) is 50.9 Å². The Morgan fingerprint density at radius 1 is 1.47 bits per heavy atom. The molecule has 0 radical (unpaired) electrons. The number of amides is 1.